The van der Waals surface area contributed by atoms with Crippen LogP contribution in [0.4, 0.5) is 0 Å². The zero-order valence-corrected chi connectivity index (χ0v) is 7.06. The third kappa shape index (κ3) is 1.15. The van der Waals surface area contributed by atoms with Gasteiger partial charge in [0.25, 0.3) is 0 Å². The summed E-state index contributed by atoms with van der Waals surface area (Å²) >= 11 is 0. The first-order valence-electron chi connectivity index (χ1n) is 3.83. The molecule has 0 bridgehead atoms. The first-order chi connectivity index (χ1) is 6.43. The summed E-state index contributed by atoms with van der Waals surface area (Å²) < 4.78 is 0. The van der Waals surface area contributed by atoms with Gasteiger partial charge in [0.05, 0.1) is 5.57 Å². The van der Waals surface area contributed by atoms with E-state index in [0.29, 0.717) is 0 Å². The minimum absolute atomic E-state index is 0.153. The zero-order valence-electron chi connectivity index (χ0n) is 7.06. The van der Waals surface area contributed by atoms with Crippen molar-refractivity contribution in [2.45, 2.75) is 12.8 Å². The Morgan fingerprint density at radius 2 is 1.64 bits per heavy atom. The number of carboxylic acid groups (broad SMARTS) is 3. The van der Waals surface area contributed by atoms with Crippen LogP contribution in [-0.4, -0.2) is 33.2 Å². The molecule has 0 radical (unpaired) electrons. The molecule has 0 aromatic carbocycles. The summed E-state index contributed by atoms with van der Waals surface area (Å²) in [4.78, 5) is 32.2. The van der Waals surface area contributed by atoms with E-state index in [1.54, 1.807) is 0 Å². The number of carbonyl (C=O) groups is 3. The van der Waals surface area contributed by atoms with Crippen molar-refractivity contribution in [2.24, 2.45) is 5.41 Å². The van der Waals surface area contributed by atoms with Gasteiger partial charge in [0.2, 0.25) is 0 Å². The van der Waals surface area contributed by atoms with Gasteiger partial charge >= 0.3 is 17.9 Å². The minimum Gasteiger partial charge on any atom is -0.480 e. The van der Waals surface area contributed by atoms with E-state index >= 15 is 0 Å². The molecule has 0 aliphatic heterocycles. The highest BCUT2D eigenvalue weighted by Gasteiger charge is 2.54. The van der Waals surface area contributed by atoms with Crippen LogP contribution < -0.4 is 0 Å². The number of carboxylic acids is 3. The van der Waals surface area contributed by atoms with Gasteiger partial charge in [-0.25, -0.2) is 4.79 Å². The quantitative estimate of drug-likeness (QED) is 0.550. The lowest BCUT2D eigenvalue weighted by atomic mass is 9.81. The molecule has 76 valence electrons. The maximum Gasteiger partial charge on any atom is 0.333 e. The summed E-state index contributed by atoms with van der Waals surface area (Å²) in [6.07, 6.45) is 1.09. The molecule has 0 spiro atoms. The second kappa shape index (κ2) is 3.13. The summed E-state index contributed by atoms with van der Waals surface area (Å²) in [5.74, 6) is -4.75. The van der Waals surface area contributed by atoms with Crippen LogP contribution >= 0.6 is 0 Å². The van der Waals surface area contributed by atoms with Crippen LogP contribution in [0.2, 0.25) is 0 Å². The van der Waals surface area contributed by atoms with E-state index in [2.05, 4.69) is 0 Å². The van der Waals surface area contributed by atoms with Crippen molar-refractivity contribution in [1.29, 1.82) is 0 Å². The highest BCUT2D eigenvalue weighted by Crippen LogP contribution is 2.39. The van der Waals surface area contributed by atoms with Gasteiger partial charge in [0.1, 0.15) is 0 Å². The Bertz CT molecular complexity index is 326. The smallest absolute Gasteiger partial charge is 0.333 e. The highest BCUT2D eigenvalue weighted by atomic mass is 16.4. The third-order valence-electron chi connectivity index (χ3n) is 2.29. The van der Waals surface area contributed by atoms with E-state index in [4.69, 9.17) is 15.3 Å². The van der Waals surface area contributed by atoms with Crippen molar-refractivity contribution in [2.75, 3.05) is 0 Å². The highest BCUT2D eigenvalue weighted by molar-refractivity contribution is 6.10. The van der Waals surface area contributed by atoms with Crippen molar-refractivity contribution in [3.05, 3.63) is 11.6 Å². The number of aliphatic carboxylic acids is 3. The van der Waals surface area contributed by atoms with Crippen LogP contribution in [0.5, 0.6) is 0 Å². The van der Waals surface area contributed by atoms with E-state index in [-0.39, 0.29) is 12.8 Å². The molecule has 6 heteroatoms. The van der Waals surface area contributed by atoms with E-state index in [1.807, 2.05) is 0 Å². The number of rotatable bonds is 3. The normalized spacial score (nSPS) is 18.7. The van der Waals surface area contributed by atoms with Crippen LogP contribution in [0.25, 0.3) is 0 Å². The minimum atomic E-state index is -2.27. The Morgan fingerprint density at radius 3 is 1.93 bits per heavy atom. The Hall–Kier alpha value is -1.85. The molecular formula is C8H8O6. The summed E-state index contributed by atoms with van der Waals surface area (Å²) in [6, 6.07) is 0. The van der Waals surface area contributed by atoms with E-state index in [1.165, 1.54) is 0 Å². The molecule has 1 aliphatic carbocycles. The van der Waals surface area contributed by atoms with Crippen LogP contribution in [-0.2, 0) is 14.4 Å². The van der Waals surface area contributed by atoms with Crippen molar-refractivity contribution in [3.63, 3.8) is 0 Å². The molecule has 1 aliphatic rings. The van der Waals surface area contributed by atoms with Crippen LogP contribution in [0.15, 0.2) is 11.6 Å². The van der Waals surface area contributed by atoms with Gasteiger partial charge in [-0.3, -0.25) is 9.59 Å². The van der Waals surface area contributed by atoms with Crippen LogP contribution in [0.3, 0.4) is 0 Å². The first-order valence-corrected chi connectivity index (χ1v) is 3.83. The summed E-state index contributed by atoms with van der Waals surface area (Å²) in [5.41, 5.74) is -2.83. The van der Waals surface area contributed by atoms with E-state index < -0.39 is 28.9 Å². The first kappa shape index (κ1) is 10.2. The molecule has 0 aromatic rings. The fourth-order valence-corrected chi connectivity index (χ4v) is 1.55. The maximum absolute atomic E-state index is 10.8. The predicted octanol–water partition coefficient (Wildman–Crippen LogP) is -0.0532. The molecule has 3 N–H and O–H groups in total. The fourth-order valence-electron chi connectivity index (χ4n) is 1.55. The predicted molar refractivity (Wildman–Crippen MR) is 42.7 cm³/mol. The molecule has 0 aromatic heterocycles. The topological polar surface area (TPSA) is 112 Å². The molecule has 1 rings (SSSR count). The zero-order chi connectivity index (χ0) is 10.9. The lowest BCUT2D eigenvalue weighted by Gasteiger charge is -2.19. The van der Waals surface area contributed by atoms with Gasteiger partial charge in [0.15, 0.2) is 5.41 Å². The molecule has 0 fully saturated rings. The van der Waals surface area contributed by atoms with Gasteiger partial charge in [-0.05, 0) is 12.8 Å². The second-order valence-corrected chi connectivity index (χ2v) is 2.98. The maximum atomic E-state index is 10.8. The number of allylic oxidation sites excluding steroid dienone is 1. The second-order valence-electron chi connectivity index (χ2n) is 2.98. The standard InChI is InChI=1S/C8H8O6/c9-5(10)4-2-1-3-8(4,6(11)12)7(13)14/h2H,1,3H2,(H,9,10)(H,11,12)(H,13,14). The van der Waals surface area contributed by atoms with Crippen molar-refractivity contribution in [1.82, 2.24) is 0 Å². The van der Waals surface area contributed by atoms with Gasteiger partial charge in [-0.15, -0.1) is 0 Å². The number of hydrogen-bond acceptors (Lipinski definition) is 3. The molecule has 0 amide bonds. The molecular weight excluding hydrogens is 192 g/mol. The average molecular weight is 200 g/mol. The molecule has 0 saturated heterocycles. The van der Waals surface area contributed by atoms with Crippen LogP contribution in [0, 0.1) is 5.41 Å². The third-order valence-corrected chi connectivity index (χ3v) is 2.29. The average Bonchev–Trinajstić information content (AvgIpc) is 2.47. The molecule has 6 nitrogen and oxygen atoms in total. The molecule has 0 unspecified atom stereocenters. The monoisotopic (exact) mass is 200 g/mol. The summed E-state index contributed by atoms with van der Waals surface area (Å²) in [7, 11) is 0. The van der Waals surface area contributed by atoms with E-state index in [0.717, 1.165) is 6.08 Å². The molecule has 0 heterocycles. The van der Waals surface area contributed by atoms with Crippen molar-refractivity contribution < 1.29 is 29.7 Å². The molecule has 14 heavy (non-hydrogen) atoms. The Balaban J connectivity index is 3.25. The van der Waals surface area contributed by atoms with Gasteiger partial charge in [-0.2, -0.15) is 0 Å². The largest absolute Gasteiger partial charge is 0.480 e. The Morgan fingerprint density at radius 1 is 1.14 bits per heavy atom. The Labute approximate surface area is 78.5 Å². The molecule has 0 atom stereocenters. The molecule has 0 saturated carbocycles. The van der Waals surface area contributed by atoms with Gasteiger partial charge in [-0.1, -0.05) is 6.08 Å². The SMILES string of the molecule is O=C(O)C1=CCCC1(C(=O)O)C(=O)O. The van der Waals surface area contributed by atoms with Gasteiger partial charge in [0, 0.05) is 0 Å². The summed E-state index contributed by atoms with van der Waals surface area (Å²) in [5, 5.41) is 26.2. The van der Waals surface area contributed by atoms with Gasteiger partial charge < -0.3 is 15.3 Å². The van der Waals surface area contributed by atoms with E-state index in [9.17, 15) is 14.4 Å². The van der Waals surface area contributed by atoms with Crippen molar-refractivity contribution in [3.8, 4) is 0 Å². The number of hydrogen-bond donors (Lipinski definition) is 3. The van der Waals surface area contributed by atoms with Crippen LogP contribution in [0.1, 0.15) is 12.8 Å². The lowest BCUT2D eigenvalue weighted by molar-refractivity contribution is -0.163. The Kier molecular flexibility index (Phi) is 2.29. The van der Waals surface area contributed by atoms with Crippen molar-refractivity contribution >= 4 is 17.9 Å². The lowest BCUT2D eigenvalue weighted by Crippen LogP contribution is -2.41. The summed E-state index contributed by atoms with van der Waals surface area (Å²) in [6.45, 7) is 0. The fraction of sp³-hybridized carbons (Fsp3) is 0.375.